The number of benzene rings is 1. The van der Waals surface area contributed by atoms with Crippen molar-refractivity contribution in [1.29, 1.82) is 0 Å². The first-order valence-electron chi connectivity index (χ1n) is 5.92. The molecule has 1 aliphatic heterocycles. The molecule has 1 aromatic heterocycles. The lowest BCUT2D eigenvalue weighted by atomic mass is 10.0. The first-order valence-corrected chi connectivity index (χ1v) is 6.72. The van der Waals surface area contributed by atoms with Crippen molar-refractivity contribution >= 4 is 15.9 Å². The van der Waals surface area contributed by atoms with E-state index in [1.54, 1.807) is 0 Å². The SMILES string of the molecule is CC1CCn2nc(-c3ccccc3Br)nc2C1. The van der Waals surface area contributed by atoms with Crippen molar-refractivity contribution in [3.05, 3.63) is 34.6 Å². The maximum absolute atomic E-state index is 4.65. The zero-order chi connectivity index (χ0) is 11.8. The van der Waals surface area contributed by atoms with Gasteiger partial charge in [0.15, 0.2) is 5.82 Å². The Balaban J connectivity index is 2.03. The Morgan fingerprint density at radius 3 is 3.00 bits per heavy atom. The summed E-state index contributed by atoms with van der Waals surface area (Å²) < 4.78 is 3.10. The molecule has 3 nitrogen and oxygen atoms in total. The van der Waals surface area contributed by atoms with Crippen LogP contribution in [0.2, 0.25) is 0 Å². The fraction of sp³-hybridized carbons (Fsp3) is 0.385. The quantitative estimate of drug-likeness (QED) is 0.807. The fourth-order valence-electron chi connectivity index (χ4n) is 2.22. The highest BCUT2D eigenvalue weighted by Gasteiger charge is 2.19. The molecule has 1 aliphatic rings. The van der Waals surface area contributed by atoms with E-state index < -0.39 is 0 Å². The van der Waals surface area contributed by atoms with E-state index in [0.29, 0.717) is 0 Å². The van der Waals surface area contributed by atoms with Gasteiger partial charge in [-0.3, -0.25) is 0 Å². The lowest BCUT2D eigenvalue weighted by Gasteiger charge is -2.17. The van der Waals surface area contributed by atoms with Crippen LogP contribution < -0.4 is 0 Å². The molecule has 3 rings (SSSR count). The van der Waals surface area contributed by atoms with Crippen LogP contribution in [0.3, 0.4) is 0 Å². The number of hydrogen-bond donors (Lipinski definition) is 0. The number of halogens is 1. The van der Waals surface area contributed by atoms with Crippen molar-refractivity contribution in [2.24, 2.45) is 5.92 Å². The number of nitrogens with zero attached hydrogens (tertiary/aromatic N) is 3. The molecule has 0 bridgehead atoms. The highest BCUT2D eigenvalue weighted by Crippen LogP contribution is 2.27. The minimum atomic E-state index is 0.721. The Bertz CT molecular complexity index is 547. The Morgan fingerprint density at radius 1 is 1.35 bits per heavy atom. The number of aromatic nitrogens is 3. The Labute approximate surface area is 109 Å². The van der Waals surface area contributed by atoms with Gasteiger partial charge >= 0.3 is 0 Å². The largest absolute Gasteiger partial charge is 0.249 e. The van der Waals surface area contributed by atoms with Crippen LogP contribution in [0.1, 0.15) is 19.2 Å². The Morgan fingerprint density at radius 2 is 2.18 bits per heavy atom. The van der Waals surface area contributed by atoms with Crippen LogP contribution in [0, 0.1) is 5.92 Å². The van der Waals surface area contributed by atoms with Crippen molar-refractivity contribution in [2.45, 2.75) is 26.3 Å². The zero-order valence-electron chi connectivity index (χ0n) is 9.73. The van der Waals surface area contributed by atoms with Gasteiger partial charge in [-0.15, -0.1) is 0 Å². The molecule has 4 heteroatoms. The second-order valence-corrected chi connectivity index (χ2v) is 5.51. The molecule has 0 aliphatic carbocycles. The topological polar surface area (TPSA) is 30.7 Å². The van der Waals surface area contributed by atoms with Gasteiger partial charge in [-0.25, -0.2) is 9.67 Å². The van der Waals surface area contributed by atoms with E-state index in [2.05, 4.69) is 43.7 Å². The molecule has 1 unspecified atom stereocenters. The molecule has 1 aromatic carbocycles. The predicted molar refractivity (Wildman–Crippen MR) is 70.6 cm³/mol. The molecule has 2 heterocycles. The number of rotatable bonds is 1. The molecular formula is C13H14BrN3. The average Bonchev–Trinajstić information content (AvgIpc) is 2.72. The van der Waals surface area contributed by atoms with Crippen LogP contribution in [-0.4, -0.2) is 14.8 Å². The lowest BCUT2D eigenvalue weighted by Crippen LogP contribution is -2.18. The highest BCUT2D eigenvalue weighted by atomic mass is 79.9. The molecule has 0 spiro atoms. The summed E-state index contributed by atoms with van der Waals surface area (Å²) in [5.41, 5.74) is 1.07. The van der Waals surface area contributed by atoms with Gasteiger partial charge in [0.25, 0.3) is 0 Å². The van der Waals surface area contributed by atoms with Crippen LogP contribution in [0.4, 0.5) is 0 Å². The molecule has 0 fully saturated rings. The van der Waals surface area contributed by atoms with E-state index in [9.17, 15) is 0 Å². The molecule has 0 saturated carbocycles. The molecule has 0 N–H and O–H groups in total. The van der Waals surface area contributed by atoms with Crippen molar-refractivity contribution in [3.63, 3.8) is 0 Å². The van der Waals surface area contributed by atoms with Crippen LogP contribution in [0.25, 0.3) is 11.4 Å². The van der Waals surface area contributed by atoms with Gasteiger partial charge in [0, 0.05) is 23.0 Å². The third-order valence-corrected chi connectivity index (χ3v) is 3.92. The van der Waals surface area contributed by atoms with Crippen LogP contribution in [0.15, 0.2) is 28.7 Å². The molecule has 0 amide bonds. The average molecular weight is 292 g/mol. The summed E-state index contributed by atoms with van der Waals surface area (Å²) >= 11 is 3.55. The normalized spacial score (nSPS) is 19.1. The third kappa shape index (κ3) is 2.02. The van der Waals surface area contributed by atoms with Gasteiger partial charge in [-0.1, -0.05) is 35.0 Å². The summed E-state index contributed by atoms with van der Waals surface area (Å²) in [5, 5.41) is 4.59. The number of aryl methyl sites for hydroxylation is 1. The standard InChI is InChI=1S/C13H14BrN3/c1-9-6-7-17-12(8-9)15-13(16-17)10-4-2-3-5-11(10)14/h2-5,9H,6-8H2,1H3. The Hall–Kier alpha value is -1.16. The van der Waals surface area contributed by atoms with E-state index in [-0.39, 0.29) is 0 Å². The number of fused-ring (bicyclic) bond motifs is 1. The van der Waals surface area contributed by atoms with Crippen molar-refractivity contribution < 1.29 is 0 Å². The number of hydrogen-bond acceptors (Lipinski definition) is 2. The predicted octanol–water partition coefficient (Wildman–Crippen LogP) is 3.29. The second-order valence-electron chi connectivity index (χ2n) is 4.65. The maximum Gasteiger partial charge on any atom is 0.182 e. The van der Waals surface area contributed by atoms with Gasteiger partial charge in [0.05, 0.1) is 0 Å². The first kappa shape index (κ1) is 11.0. The van der Waals surface area contributed by atoms with Gasteiger partial charge in [0.1, 0.15) is 5.82 Å². The fourth-order valence-corrected chi connectivity index (χ4v) is 2.68. The molecule has 0 radical (unpaired) electrons. The van der Waals surface area contributed by atoms with Gasteiger partial charge in [-0.2, -0.15) is 5.10 Å². The molecular weight excluding hydrogens is 278 g/mol. The zero-order valence-corrected chi connectivity index (χ0v) is 11.3. The molecule has 1 atom stereocenters. The summed E-state index contributed by atoms with van der Waals surface area (Å²) in [7, 11) is 0. The summed E-state index contributed by atoms with van der Waals surface area (Å²) in [4.78, 5) is 4.65. The maximum atomic E-state index is 4.65. The monoisotopic (exact) mass is 291 g/mol. The molecule has 17 heavy (non-hydrogen) atoms. The van der Waals surface area contributed by atoms with E-state index >= 15 is 0 Å². The molecule has 2 aromatic rings. The smallest absolute Gasteiger partial charge is 0.182 e. The van der Waals surface area contributed by atoms with Crippen LogP contribution in [0.5, 0.6) is 0 Å². The molecule has 88 valence electrons. The highest BCUT2D eigenvalue weighted by molar-refractivity contribution is 9.10. The summed E-state index contributed by atoms with van der Waals surface area (Å²) in [6.45, 7) is 3.27. The van der Waals surface area contributed by atoms with Crippen LogP contribution >= 0.6 is 15.9 Å². The van der Waals surface area contributed by atoms with Gasteiger partial charge < -0.3 is 0 Å². The lowest BCUT2D eigenvalue weighted by molar-refractivity contribution is 0.386. The van der Waals surface area contributed by atoms with Crippen molar-refractivity contribution in [2.75, 3.05) is 0 Å². The summed E-state index contributed by atoms with van der Waals surface area (Å²) in [6.07, 6.45) is 2.24. The second kappa shape index (κ2) is 4.26. The van der Waals surface area contributed by atoms with Crippen LogP contribution in [-0.2, 0) is 13.0 Å². The Kier molecular flexibility index (Phi) is 2.74. The summed E-state index contributed by atoms with van der Waals surface area (Å²) in [6, 6.07) is 8.10. The van der Waals surface area contributed by atoms with Crippen molar-refractivity contribution in [3.8, 4) is 11.4 Å². The third-order valence-electron chi connectivity index (χ3n) is 3.23. The summed E-state index contributed by atoms with van der Waals surface area (Å²) in [5.74, 6) is 2.68. The van der Waals surface area contributed by atoms with E-state index in [1.807, 2.05) is 18.2 Å². The van der Waals surface area contributed by atoms with Gasteiger partial charge in [0.2, 0.25) is 0 Å². The van der Waals surface area contributed by atoms with Crippen molar-refractivity contribution in [1.82, 2.24) is 14.8 Å². The van der Waals surface area contributed by atoms with E-state index in [4.69, 9.17) is 0 Å². The van der Waals surface area contributed by atoms with E-state index in [0.717, 1.165) is 40.6 Å². The van der Waals surface area contributed by atoms with E-state index in [1.165, 1.54) is 6.42 Å². The molecule has 0 saturated heterocycles. The minimum absolute atomic E-state index is 0.721. The first-order chi connectivity index (χ1) is 8.24. The van der Waals surface area contributed by atoms with Gasteiger partial charge in [-0.05, 0) is 24.5 Å². The minimum Gasteiger partial charge on any atom is -0.249 e.